The largest absolute Gasteiger partial charge is 0.494 e. The SMILES string of the molecule is CCCCCOc1ccc(C2C(C(=O)OC(C)C)=C(C)Nc3nc(SCc4ccccc4)nn32)cc1. The van der Waals surface area contributed by atoms with E-state index in [-0.39, 0.29) is 12.1 Å². The van der Waals surface area contributed by atoms with Crippen LogP contribution >= 0.6 is 11.8 Å². The number of ether oxygens (including phenoxy) is 2. The van der Waals surface area contributed by atoms with Crippen molar-refractivity contribution in [1.29, 1.82) is 0 Å². The lowest BCUT2D eigenvalue weighted by molar-refractivity contribution is -0.143. The minimum Gasteiger partial charge on any atom is -0.494 e. The zero-order chi connectivity index (χ0) is 25.5. The second-order valence-electron chi connectivity index (χ2n) is 9.08. The van der Waals surface area contributed by atoms with E-state index in [4.69, 9.17) is 19.6 Å². The summed E-state index contributed by atoms with van der Waals surface area (Å²) in [6.45, 7) is 8.45. The molecule has 1 aliphatic heterocycles. The normalized spacial score (nSPS) is 15.0. The molecule has 2 heterocycles. The highest BCUT2D eigenvalue weighted by Crippen LogP contribution is 2.37. The van der Waals surface area contributed by atoms with Gasteiger partial charge in [0.05, 0.1) is 18.3 Å². The second kappa shape index (κ2) is 12.1. The van der Waals surface area contributed by atoms with E-state index in [2.05, 4.69) is 24.4 Å². The van der Waals surface area contributed by atoms with Crippen molar-refractivity contribution in [2.45, 2.75) is 70.0 Å². The maximum Gasteiger partial charge on any atom is 0.338 e. The number of hydrogen-bond donors (Lipinski definition) is 1. The average Bonchev–Trinajstić information content (AvgIpc) is 3.27. The predicted molar refractivity (Wildman–Crippen MR) is 143 cm³/mol. The summed E-state index contributed by atoms with van der Waals surface area (Å²) in [5.74, 6) is 1.82. The molecule has 8 heteroatoms. The van der Waals surface area contributed by atoms with E-state index >= 15 is 0 Å². The van der Waals surface area contributed by atoms with Gasteiger partial charge in [0.25, 0.3) is 0 Å². The van der Waals surface area contributed by atoms with Crippen molar-refractivity contribution in [3.63, 3.8) is 0 Å². The van der Waals surface area contributed by atoms with Crippen molar-refractivity contribution in [3.8, 4) is 5.75 Å². The monoisotopic (exact) mass is 506 g/mol. The van der Waals surface area contributed by atoms with Crippen LogP contribution in [0.25, 0.3) is 0 Å². The number of benzene rings is 2. The molecular weight excluding hydrogens is 472 g/mol. The molecule has 1 aromatic heterocycles. The molecule has 0 spiro atoms. The Morgan fingerprint density at radius 1 is 1.11 bits per heavy atom. The summed E-state index contributed by atoms with van der Waals surface area (Å²) in [4.78, 5) is 17.9. The van der Waals surface area contributed by atoms with Crippen LogP contribution in [-0.4, -0.2) is 33.4 Å². The highest BCUT2D eigenvalue weighted by atomic mass is 32.2. The molecule has 36 heavy (non-hydrogen) atoms. The van der Waals surface area contributed by atoms with Gasteiger partial charge in [-0.1, -0.05) is 74.0 Å². The Bertz CT molecular complexity index is 1190. The van der Waals surface area contributed by atoms with Gasteiger partial charge in [-0.25, -0.2) is 9.48 Å². The molecule has 4 rings (SSSR count). The first-order chi connectivity index (χ1) is 17.5. The van der Waals surface area contributed by atoms with E-state index in [1.54, 1.807) is 16.4 Å². The molecule has 1 N–H and O–H groups in total. The first-order valence-electron chi connectivity index (χ1n) is 12.5. The van der Waals surface area contributed by atoms with Gasteiger partial charge in [-0.05, 0) is 50.5 Å². The molecule has 0 bridgehead atoms. The maximum absolute atomic E-state index is 13.2. The van der Waals surface area contributed by atoms with Gasteiger partial charge in [0, 0.05) is 11.4 Å². The van der Waals surface area contributed by atoms with Crippen LogP contribution in [0.3, 0.4) is 0 Å². The first-order valence-corrected chi connectivity index (χ1v) is 13.5. The first kappa shape index (κ1) is 25.8. The minimum absolute atomic E-state index is 0.230. The lowest BCUT2D eigenvalue weighted by Crippen LogP contribution is -2.30. The Labute approximate surface area is 217 Å². The fraction of sp³-hybridized carbons (Fsp3) is 0.393. The molecular formula is C28H34N4O3S. The quantitative estimate of drug-likeness (QED) is 0.184. The van der Waals surface area contributed by atoms with Gasteiger partial charge in [0.2, 0.25) is 11.1 Å². The van der Waals surface area contributed by atoms with Crippen molar-refractivity contribution >= 4 is 23.7 Å². The molecule has 0 saturated carbocycles. The van der Waals surface area contributed by atoms with Crippen molar-refractivity contribution in [2.24, 2.45) is 0 Å². The van der Waals surface area contributed by atoms with E-state index in [1.807, 2.05) is 63.2 Å². The third-order valence-corrected chi connectivity index (χ3v) is 6.73. The molecule has 0 amide bonds. The van der Waals surface area contributed by atoms with Crippen LogP contribution in [0.4, 0.5) is 5.95 Å². The highest BCUT2D eigenvalue weighted by molar-refractivity contribution is 7.98. The number of esters is 1. The molecule has 0 radical (unpaired) electrons. The van der Waals surface area contributed by atoms with Crippen LogP contribution in [-0.2, 0) is 15.3 Å². The zero-order valence-corrected chi connectivity index (χ0v) is 22.2. The van der Waals surface area contributed by atoms with E-state index < -0.39 is 6.04 Å². The number of carbonyl (C=O) groups excluding carboxylic acids is 1. The van der Waals surface area contributed by atoms with Gasteiger partial charge < -0.3 is 14.8 Å². The lowest BCUT2D eigenvalue weighted by Gasteiger charge is -2.28. The number of hydrogen-bond acceptors (Lipinski definition) is 7. The molecule has 7 nitrogen and oxygen atoms in total. The summed E-state index contributed by atoms with van der Waals surface area (Å²) in [6.07, 6.45) is 3.11. The topological polar surface area (TPSA) is 78.3 Å². The fourth-order valence-corrected chi connectivity index (χ4v) is 4.84. The summed E-state index contributed by atoms with van der Waals surface area (Å²) in [5.41, 5.74) is 3.35. The van der Waals surface area contributed by atoms with E-state index in [0.717, 1.165) is 36.3 Å². The number of unbranched alkanes of at least 4 members (excludes halogenated alkanes) is 2. The molecule has 3 aromatic rings. The van der Waals surface area contributed by atoms with Gasteiger partial charge in [-0.15, -0.1) is 5.10 Å². The van der Waals surface area contributed by atoms with E-state index in [0.29, 0.717) is 29.0 Å². The molecule has 0 fully saturated rings. The van der Waals surface area contributed by atoms with Crippen LogP contribution in [0.15, 0.2) is 71.0 Å². The van der Waals surface area contributed by atoms with Crippen molar-refractivity contribution in [3.05, 3.63) is 77.0 Å². The van der Waals surface area contributed by atoms with Crippen LogP contribution in [0, 0.1) is 0 Å². The second-order valence-corrected chi connectivity index (χ2v) is 10.0. The highest BCUT2D eigenvalue weighted by Gasteiger charge is 2.35. The van der Waals surface area contributed by atoms with Gasteiger partial charge in [-0.3, -0.25) is 0 Å². The van der Waals surface area contributed by atoms with Crippen LogP contribution in [0.1, 0.15) is 64.1 Å². The number of fused-ring (bicyclic) bond motifs is 1. The minimum atomic E-state index is -0.458. The van der Waals surface area contributed by atoms with Gasteiger partial charge in [-0.2, -0.15) is 4.98 Å². The summed E-state index contributed by atoms with van der Waals surface area (Å²) in [6, 6.07) is 17.6. The third kappa shape index (κ3) is 6.29. The van der Waals surface area contributed by atoms with E-state index in [9.17, 15) is 4.79 Å². The predicted octanol–water partition coefficient (Wildman–Crippen LogP) is 6.38. The number of nitrogens with zero attached hydrogens (tertiary/aromatic N) is 3. The number of carbonyl (C=O) groups is 1. The number of rotatable bonds is 11. The Hall–Kier alpha value is -3.26. The summed E-state index contributed by atoms with van der Waals surface area (Å²) in [5, 5.41) is 8.71. The van der Waals surface area contributed by atoms with Crippen LogP contribution < -0.4 is 10.1 Å². The maximum atomic E-state index is 13.2. The summed E-state index contributed by atoms with van der Waals surface area (Å²) >= 11 is 1.56. The number of thioether (sulfide) groups is 1. The molecule has 190 valence electrons. The third-order valence-electron chi connectivity index (χ3n) is 5.82. The molecule has 1 unspecified atom stereocenters. The van der Waals surface area contributed by atoms with Crippen molar-refractivity contribution in [2.75, 3.05) is 11.9 Å². The van der Waals surface area contributed by atoms with Gasteiger partial charge in [0.1, 0.15) is 11.8 Å². The molecule has 0 aliphatic carbocycles. The van der Waals surface area contributed by atoms with E-state index in [1.165, 1.54) is 5.56 Å². The fourth-order valence-electron chi connectivity index (χ4n) is 4.05. The van der Waals surface area contributed by atoms with Crippen LogP contribution in [0.5, 0.6) is 5.75 Å². The molecule has 2 aromatic carbocycles. The molecule has 1 aliphatic rings. The Morgan fingerprint density at radius 2 is 1.86 bits per heavy atom. The molecule has 1 atom stereocenters. The van der Waals surface area contributed by atoms with Crippen molar-refractivity contribution in [1.82, 2.24) is 14.8 Å². The number of aromatic nitrogens is 3. The Balaban J connectivity index is 1.62. The Kier molecular flexibility index (Phi) is 8.70. The standard InChI is InChI=1S/C28H34N4O3S/c1-5-6-10-17-34-23-15-13-22(14-16-23)25-24(26(33)35-19(2)3)20(4)29-27-30-28(31-32(25)27)36-18-21-11-8-7-9-12-21/h7-9,11-16,19,25H,5-6,10,17-18H2,1-4H3,(H,29,30,31). The summed E-state index contributed by atoms with van der Waals surface area (Å²) < 4.78 is 13.3. The zero-order valence-electron chi connectivity index (χ0n) is 21.4. The number of nitrogens with one attached hydrogen (secondary N) is 1. The number of anilines is 1. The average molecular weight is 507 g/mol. The Morgan fingerprint density at radius 3 is 2.56 bits per heavy atom. The van der Waals surface area contributed by atoms with Gasteiger partial charge >= 0.3 is 5.97 Å². The summed E-state index contributed by atoms with van der Waals surface area (Å²) in [7, 11) is 0. The van der Waals surface area contributed by atoms with Gasteiger partial charge in [0.15, 0.2) is 0 Å². The van der Waals surface area contributed by atoms with Crippen LogP contribution in [0.2, 0.25) is 0 Å². The smallest absolute Gasteiger partial charge is 0.338 e. The number of allylic oxidation sites excluding steroid dienone is 1. The molecule has 0 saturated heterocycles. The van der Waals surface area contributed by atoms with Crippen molar-refractivity contribution < 1.29 is 14.3 Å². The lowest BCUT2D eigenvalue weighted by atomic mass is 9.95.